The number of rotatable bonds is 5. The van der Waals surface area contributed by atoms with Crippen LogP contribution in [0, 0.1) is 17.1 Å². The molecule has 5 nitrogen and oxygen atoms in total. The summed E-state index contributed by atoms with van der Waals surface area (Å²) in [5.41, 5.74) is 2.69. The van der Waals surface area contributed by atoms with Crippen molar-refractivity contribution in [2.45, 2.75) is 31.7 Å². The molecule has 2 heterocycles. The summed E-state index contributed by atoms with van der Waals surface area (Å²) in [7, 11) is 0. The molecule has 0 unspecified atom stereocenters. The molecule has 3 aromatic rings. The normalized spacial score (nSPS) is 15.3. The first-order valence-electron chi connectivity index (χ1n) is 9.58. The third-order valence-corrected chi connectivity index (χ3v) is 5.52. The molecule has 0 radical (unpaired) electrons. The summed E-state index contributed by atoms with van der Waals surface area (Å²) in [6.45, 7) is 2.71. The van der Waals surface area contributed by atoms with Gasteiger partial charge in [0.15, 0.2) is 5.82 Å². The molecule has 2 aromatic carbocycles. The molecule has 0 spiro atoms. The number of halogens is 2. The van der Waals surface area contributed by atoms with E-state index in [0.29, 0.717) is 23.7 Å². The number of aromatic nitrogens is 2. The maximum atomic E-state index is 13.3. The quantitative estimate of drug-likeness (QED) is 0.609. The first-order valence-corrected chi connectivity index (χ1v) is 9.96. The van der Waals surface area contributed by atoms with E-state index in [4.69, 9.17) is 21.4 Å². The largest absolute Gasteiger partial charge is 0.339 e. The van der Waals surface area contributed by atoms with Crippen LogP contribution in [-0.2, 0) is 13.0 Å². The molecule has 1 fully saturated rings. The van der Waals surface area contributed by atoms with E-state index >= 15 is 0 Å². The molecular weight excluding hydrogens is 391 g/mol. The Hall–Kier alpha value is -2.75. The maximum Gasteiger partial charge on any atom is 0.229 e. The summed E-state index contributed by atoms with van der Waals surface area (Å²) in [4.78, 5) is 6.92. The van der Waals surface area contributed by atoms with Crippen LogP contribution in [0.2, 0.25) is 5.02 Å². The van der Waals surface area contributed by atoms with E-state index in [2.05, 4.69) is 27.2 Å². The summed E-state index contributed by atoms with van der Waals surface area (Å²) >= 11 is 5.84. The van der Waals surface area contributed by atoms with Gasteiger partial charge in [-0.05, 0) is 61.3 Å². The van der Waals surface area contributed by atoms with Gasteiger partial charge < -0.3 is 4.52 Å². The molecule has 29 heavy (non-hydrogen) atoms. The van der Waals surface area contributed by atoms with Gasteiger partial charge in [-0.1, -0.05) is 35.0 Å². The van der Waals surface area contributed by atoms with Crippen LogP contribution >= 0.6 is 11.6 Å². The lowest BCUT2D eigenvalue weighted by Crippen LogP contribution is -2.32. The standard InChI is InChI=1S/C22H20ClFN4O/c23-19-11-15(4-5-20(19)24)12-21-26-22(29-27-21)18-6-8-28(9-7-18)14-17-3-1-2-16(10-17)13-25/h1-5,10-11,18H,6-9,12,14H2. The van der Waals surface area contributed by atoms with Crippen molar-refractivity contribution in [1.82, 2.24) is 15.0 Å². The number of nitriles is 1. The predicted molar refractivity (Wildman–Crippen MR) is 107 cm³/mol. The van der Waals surface area contributed by atoms with Gasteiger partial charge in [0.2, 0.25) is 5.89 Å². The highest BCUT2D eigenvalue weighted by Gasteiger charge is 2.25. The lowest BCUT2D eigenvalue weighted by molar-refractivity contribution is 0.187. The smallest absolute Gasteiger partial charge is 0.229 e. The van der Waals surface area contributed by atoms with Crippen molar-refractivity contribution in [2.24, 2.45) is 0 Å². The van der Waals surface area contributed by atoms with Crippen molar-refractivity contribution in [3.8, 4) is 6.07 Å². The highest BCUT2D eigenvalue weighted by Crippen LogP contribution is 2.28. The Balaban J connectivity index is 1.33. The molecule has 1 saturated heterocycles. The van der Waals surface area contributed by atoms with E-state index in [0.717, 1.165) is 43.6 Å². The molecule has 0 bridgehead atoms. The van der Waals surface area contributed by atoms with E-state index in [1.54, 1.807) is 12.1 Å². The van der Waals surface area contributed by atoms with Gasteiger partial charge >= 0.3 is 0 Å². The number of benzene rings is 2. The molecule has 0 N–H and O–H groups in total. The molecule has 4 rings (SSSR count). The fraction of sp³-hybridized carbons (Fsp3) is 0.318. The maximum absolute atomic E-state index is 13.3. The molecule has 0 saturated carbocycles. The molecule has 0 atom stereocenters. The van der Waals surface area contributed by atoms with Gasteiger partial charge in [0, 0.05) is 18.9 Å². The number of nitrogens with zero attached hydrogens (tertiary/aromatic N) is 4. The fourth-order valence-electron chi connectivity index (χ4n) is 3.67. The lowest BCUT2D eigenvalue weighted by Gasteiger charge is -2.30. The predicted octanol–water partition coefficient (Wildman–Crippen LogP) is 4.70. The van der Waals surface area contributed by atoms with Gasteiger partial charge in [0.05, 0.1) is 16.7 Å². The highest BCUT2D eigenvalue weighted by atomic mass is 35.5. The zero-order chi connectivity index (χ0) is 20.2. The first-order chi connectivity index (χ1) is 14.1. The van der Waals surface area contributed by atoms with Gasteiger partial charge in [-0.25, -0.2) is 4.39 Å². The molecule has 1 aliphatic rings. The summed E-state index contributed by atoms with van der Waals surface area (Å²) in [5.74, 6) is 1.06. The Kier molecular flexibility index (Phi) is 5.89. The van der Waals surface area contributed by atoms with Crippen LogP contribution in [0.5, 0.6) is 0 Å². The number of hydrogen-bond donors (Lipinski definition) is 0. The third-order valence-electron chi connectivity index (χ3n) is 5.23. The van der Waals surface area contributed by atoms with Crippen molar-refractivity contribution in [2.75, 3.05) is 13.1 Å². The van der Waals surface area contributed by atoms with Crippen LogP contribution in [0.15, 0.2) is 47.0 Å². The van der Waals surface area contributed by atoms with Crippen molar-refractivity contribution in [1.29, 1.82) is 5.26 Å². The van der Waals surface area contributed by atoms with Crippen molar-refractivity contribution in [3.05, 3.63) is 81.7 Å². The minimum atomic E-state index is -0.435. The third kappa shape index (κ3) is 4.81. The Labute approximate surface area is 173 Å². The lowest BCUT2D eigenvalue weighted by atomic mass is 9.96. The van der Waals surface area contributed by atoms with Crippen LogP contribution in [0.3, 0.4) is 0 Å². The minimum absolute atomic E-state index is 0.0962. The molecule has 0 amide bonds. The first kappa shape index (κ1) is 19.6. The van der Waals surface area contributed by atoms with E-state index < -0.39 is 5.82 Å². The van der Waals surface area contributed by atoms with Gasteiger partial charge in [-0.2, -0.15) is 10.2 Å². The van der Waals surface area contributed by atoms with Gasteiger partial charge in [0.1, 0.15) is 5.82 Å². The number of hydrogen-bond acceptors (Lipinski definition) is 5. The van der Waals surface area contributed by atoms with E-state index in [9.17, 15) is 4.39 Å². The fourth-order valence-corrected chi connectivity index (χ4v) is 3.88. The second-order valence-corrected chi connectivity index (χ2v) is 7.74. The molecule has 148 valence electrons. The summed E-state index contributed by atoms with van der Waals surface area (Å²) < 4.78 is 18.8. The van der Waals surface area contributed by atoms with Crippen LogP contribution in [0.25, 0.3) is 0 Å². The minimum Gasteiger partial charge on any atom is -0.339 e. The van der Waals surface area contributed by atoms with Crippen LogP contribution in [0.1, 0.15) is 47.2 Å². The zero-order valence-electron chi connectivity index (χ0n) is 15.8. The van der Waals surface area contributed by atoms with Crippen molar-refractivity contribution in [3.63, 3.8) is 0 Å². The Morgan fingerprint density at radius 2 is 2.00 bits per heavy atom. The van der Waals surface area contributed by atoms with Crippen LogP contribution < -0.4 is 0 Å². The summed E-state index contributed by atoms with van der Waals surface area (Å²) in [6, 6.07) is 14.5. The number of piperidine rings is 1. The Bertz CT molecular complexity index is 1040. The Morgan fingerprint density at radius 1 is 1.17 bits per heavy atom. The molecule has 1 aliphatic heterocycles. The molecule has 7 heteroatoms. The summed E-state index contributed by atoms with van der Waals surface area (Å²) in [6.07, 6.45) is 2.35. The van der Waals surface area contributed by atoms with Gasteiger partial charge in [0.25, 0.3) is 0 Å². The SMILES string of the molecule is N#Cc1cccc(CN2CCC(c3nc(Cc4ccc(F)c(Cl)c4)no3)CC2)c1. The monoisotopic (exact) mass is 410 g/mol. The van der Waals surface area contributed by atoms with E-state index in [1.807, 2.05) is 18.2 Å². The van der Waals surface area contributed by atoms with Crippen molar-refractivity contribution >= 4 is 11.6 Å². The Morgan fingerprint density at radius 3 is 2.76 bits per heavy atom. The molecule has 0 aliphatic carbocycles. The molecule has 1 aromatic heterocycles. The average molecular weight is 411 g/mol. The van der Waals surface area contributed by atoms with Crippen LogP contribution in [0.4, 0.5) is 4.39 Å². The van der Waals surface area contributed by atoms with Crippen molar-refractivity contribution < 1.29 is 8.91 Å². The van der Waals surface area contributed by atoms with Crippen LogP contribution in [-0.4, -0.2) is 28.1 Å². The molecular formula is C22H20ClFN4O. The topological polar surface area (TPSA) is 66.0 Å². The number of likely N-dealkylation sites (tertiary alicyclic amines) is 1. The second-order valence-electron chi connectivity index (χ2n) is 7.34. The van der Waals surface area contributed by atoms with E-state index in [1.165, 1.54) is 6.07 Å². The zero-order valence-corrected chi connectivity index (χ0v) is 16.6. The van der Waals surface area contributed by atoms with Gasteiger partial charge in [-0.15, -0.1) is 0 Å². The second kappa shape index (κ2) is 8.73. The highest BCUT2D eigenvalue weighted by molar-refractivity contribution is 6.30. The summed E-state index contributed by atoms with van der Waals surface area (Å²) in [5, 5.41) is 13.2. The average Bonchev–Trinajstić information content (AvgIpc) is 3.20. The van der Waals surface area contributed by atoms with Gasteiger partial charge in [-0.3, -0.25) is 4.90 Å². The van der Waals surface area contributed by atoms with E-state index in [-0.39, 0.29) is 10.9 Å².